The van der Waals surface area contributed by atoms with Crippen LogP contribution < -0.4 is 5.32 Å². The average molecular weight is 185 g/mol. The van der Waals surface area contributed by atoms with E-state index in [4.69, 9.17) is 5.11 Å². The minimum atomic E-state index is -0.640. The van der Waals surface area contributed by atoms with E-state index in [0.717, 1.165) is 12.8 Å². The largest absolute Gasteiger partial charge is 0.481 e. The molecule has 0 aromatic heterocycles. The molecule has 3 nitrogen and oxygen atoms in total. The second kappa shape index (κ2) is 5.22. The van der Waals surface area contributed by atoms with Gasteiger partial charge in [-0.25, -0.2) is 0 Å². The Morgan fingerprint density at radius 1 is 1.46 bits per heavy atom. The molecule has 1 heterocycles. The molecule has 0 aromatic rings. The van der Waals surface area contributed by atoms with E-state index in [1.54, 1.807) is 0 Å². The normalized spacial score (nSPS) is 26.8. The Morgan fingerprint density at radius 3 is 2.69 bits per heavy atom. The summed E-state index contributed by atoms with van der Waals surface area (Å²) in [5, 5.41) is 11.9. The van der Waals surface area contributed by atoms with Crippen molar-refractivity contribution in [3.05, 3.63) is 0 Å². The molecule has 1 saturated heterocycles. The van der Waals surface area contributed by atoms with Crippen LogP contribution in [0.15, 0.2) is 0 Å². The van der Waals surface area contributed by atoms with Crippen molar-refractivity contribution in [3.63, 3.8) is 0 Å². The maximum absolute atomic E-state index is 10.6. The van der Waals surface area contributed by atoms with E-state index in [2.05, 4.69) is 12.2 Å². The van der Waals surface area contributed by atoms with Gasteiger partial charge in [0.1, 0.15) is 0 Å². The third-order valence-electron chi connectivity index (χ3n) is 2.77. The number of aliphatic carboxylic acids is 1. The lowest BCUT2D eigenvalue weighted by atomic mass is 9.88. The summed E-state index contributed by atoms with van der Waals surface area (Å²) in [4.78, 5) is 10.6. The first-order valence-electron chi connectivity index (χ1n) is 5.22. The predicted molar refractivity (Wildman–Crippen MR) is 51.7 cm³/mol. The molecular formula is C10H19NO2. The Kier molecular flexibility index (Phi) is 4.22. The smallest absolute Gasteiger partial charge is 0.309 e. The molecule has 1 fully saturated rings. The van der Waals surface area contributed by atoms with Crippen LogP contribution in [0.4, 0.5) is 0 Å². The topological polar surface area (TPSA) is 49.3 Å². The molecule has 1 aliphatic rings. The standard InChI is InChI=1S/C10H19NO2/c1-2-3-4-5-6-9-8(7-11-9)10(12)13/h8-9,11H,2-7H2,1H3,(H,12,13)/t8-,9+/m0/s1. The second-order valence-electron chi connectivity index (χ2n) is 3.81. The molecule has 3 heteroatoms. The van der Waals surface area contributed by atoms with Gasteiger partial charge in [-0.3, -0.25) is 4.79 Å². The second-order valence-corrected chi connectivity index (χ2v) is 3.81. The van der Waals surface area contributed by atoms with E-state index in [1.807, 2.05) is 0 Å². The fourth-order valence-electron chi connectivity index (χ4n) is 1.76. The van der Waals surface area contributed by atoms with Crippen LogP contribution in [0.25, 0.3) is 0 Å². The number of nitrogens with one attached hydrogen (secondary N) is 1. The number of carboxylic acid groups (broad SMARTS) is 1. The van der Waals surface area contributed by atoms with Gasteiger partial charge < -0.3 is 10.4 Å². The molecule has 0 unspecified atom stereocenters. The predicted octanol–water partition coefficient (Wildman–Crippen LogP) is 1.63. The van der Waals surface area contributed by atoms with Crippen molar-refractivity contribution >= 4 is 5.97 Å². The third-order valence-corrected chi connectivity index (χ3v) is 2.77. The third kappa shape index (κ3) is 2.99. The fourth-order valence-corrected chi connectivity index (χ4v) is 1.76. The van der Waals surface area contributed by atoms with E-state index in [-0.39, 0.29) is 12.0 Å². The van der Waals surface area contributed by atoms with Gasteiger partial charge in [0.25, 0.3) is 0 Å². The minimum absolute atomic E-state index is 0.123. The molecule has 2 N–H and O–H groups in total. The summed E-state index contributed by atoms with van der Waals surface area (Å²) in [6.07, 6.45) is 5.93. The van der Waals surface area contributed by atoms with Crippen LogP contribution in [-0.2, 0) is 4.79 Å². The summed E-state index contributed by atoms with van der Waals surface area (Å²) in [6.45, 7) is 2.84. The minimum Gasteiger partial charge on any atom is -0.481 e. The highest BCUT2D eigenvalue weighted by Gasteiger charge is 2.35. The Labute approximate surface area is 79.5 Å². The van der Waals surface area contributed by atoms with Gasteiger partial charge in [0.2, 0.25) is 0 Å². The Hall–Kier alpha value is -0.570. The SMILES string of the molecule is CCCCCC[C@H]1NC[C@@H]1C(=O)O. The number of unbranched alkanes of at least 4 members (excludes halogenated alkanes) is 3. The molecule has 13 heavy (non-hydrogen) atoms. The van der Waals surface area contributed by atoms with Crippen LogP contribution in [0.1, 0.15) is 39.0 Å². The van der Waals surface area contributed by atoms with E-state index >= 15 is 0 Å². The average Bonchev–Trinajstić information content (AvgIpc) is 2.01. The first-order chi connectivity index (χ1) is 6.25. The number of hydrogen-bond donors (Lipinski definition) is 2. The van der Waals surface area contributed by atoms with Crippen LogP contribution in [-0.4, -0.2) is 23.7 Å². The molecule has 1 aliphatic heterocycles. The summed E-state index contributed by atoms with van der Waals surface area (Å²) in [5.74, 6) is -0.763. The van der Waals surface area contributed by atoms with Crippen molar-refractivity contribution in [1.29, 1.82) is 0 Å². The highest BCUT2D eigenvalue weighted by Crippen LogP contribution is 2.19. The molecule has 2 atom stereocenters. The maximum Gasteiger partial charge on any atom is 0.309 e. The molecule has 0 saturated carbocycles. The quantitative estimate of drug-likeness (QED) is 0.618. The van der Waals surface area contributed by atoms with E-state index in [0.29, 0.717) is 6.54 Å². The van der Waals surface area contributed by atoms with Crippen LogP contribution in [0.2, 0.25) is 0 Å². The van der Waals surface area contributed by atoms with Crippen molar-refractivity contribution in [2.75, 3.05) is 6.54 Å². The van der Waals surface area contributed by atoms with Crippen LogP contribution in [0.5, 0.6) is 0 Å². The van der Waals surface area contributed by atoms with Gasteiger partial charge in [-0.2, -0.15) is 0 Å². The van der Waals surface area contributed by atoms with Crippen LogP contribution in [0.3, 0.4) is 0 Å². The first-order valence-corrected chi connectivity index (χ1v) is 5.22. The van der Waals surface area contributed by atoms with Gasteiger partial charge >= 0.3 is 5.97 Å². The summed E-state index contributed by atoms with van der Waals surface area (Å²) in [7, 11) is 0. The van der Waals surface area contributed by atoms with E-state index < -0.39 is 5.97 Å². The molecule has 0 aliphatic carbocycles. The number of hydrogen-bond acceptors (Lipinski definition) is 2. The molecular weight excluding hydrogens is 166 g/mol. The van der Waals surface area contributed by atoms with Crippen molar-refractivity contribution in [1.82, 2.24) is 5.32 Å². The zero-order valence-electron chi connectivity index (χ0n) is 8.25. The van der Waals surface area contributed by atoms with Gasteiger partial charge in [0, 0.05) is 12.6 Å². The zero-order chi connectivity index (χ0) is 9.68. The van der Waals surface area contributed by atoms with Gasteiger partial charge in [-0.1, -0.05) is 32.6 Å². The summed E-state index contributed by atoms with van der Waals surface area (Å²) in [6, 6.07) is 0.245. The molecule has 0 bridgehead atoms. The Balaban J connectivity index is 2.05. The van der Waals surface area contributed by atoms with Crippen molar-refractivity contribution in [3.8, 4) is 0 Å². The summed E-state index contributed by atoms with van der Waals surface area (Å²) in [5.41, 5.74) is 0. The molecule has 1 rings (SSSR count). The van der Waals surface area contributed by atoms with Gasteiger partial charge in [0.05, 0.1) is 5.92 Å². The van der Waals surface area contributed by atoms with Gasteiger partial charge in [-0.15, -0.1) is 0 Å². The molecule has 0 radical (unpaired) electrons. The molecule has 0 amide bonds. The summed E-state index contributed by atoms with van der Waals surface area (Å²) >= 11 is 0. The lowest BCUT2D eigenvalue weighted by molar-refractivity contribution is -0.145. The number of rotatable bonds is 6. The fraction of sp³-hybridized carbons (Fsp3) is 0.900. The van der Waals surface area contributed by atoms with Crippen LogP contribution in [0, 0.1) is 5.92 Å². The lowest BCUT2D eigenvalue weighted by Gasteiger charge is -2.35. The molecule has 0 spiro atoms. The van der Waals surface area contributed by atoms with Crippen LogP contribution >= 0.6 is 0 Å². The van der Waals surface area contributed by atoms with E-state index in [9.17, 15) is 4.79 Å². The lowest BCUT2D eigenvalue weighted by Crippen LogP contribution is -2.56. The number of carboxylic acids is 1. The molecule has 0 aromatic carbocycles. The van der Waals surface area contributed by atoms with Gasteiger partial charge in [-0.05, 0) is 6.42 Å². The van der Waals surface area contributed by atoms with E-state index in [1.165, 1.54) is 19.3 Å². The first kappa shape index (κ1) is 10.5. The highest BCUT2D eigenvalue weighted by molar-refractivity contribution is 5.72. The van der Waals surface area contributed by atoms with Gasteiger partial charge in [0.15, 0.2) is 0 Å². The Morgan fingerprint density at radius 2 is 2.23 bits per heavy atom. The Bertz CT molecular complexity index is 170. The van der Waals surface area contributed by atoms with Crippen molar-refractivity contribution in [2.45, 2.75) is 45.1 Å². The maximum atomic E-state index is 10.6. The van der Waals surface area contributed by atoms with Crippen molar-refractivity contribution in [2.24, 2.45) is 5.92 Å². The van der Waals surface area contributed by atoms with Crippen molar-refractivity contribution < 1.29 is 9.90 Å². The zero-order valence-corrected chi connectivity index (χ0v) is 8.25. The summed E-state index contributed by atoms with van der Waals surface area (Å²) < 4.78 is 0. The number of carbonyl (C=O) groups is 1. The molecule has 76 valence electrons. The highest BCUT2D eigenvalue weighted by atomic mass is 16.4. The monoisotopic (exact) mass is 185 g/mol.